The van der Waals surface area contributed by atoms with Gasteiger partial charge in [-0.3, -0.25) is 9.59 Å². The van der Waals surface area contributed by atoms with Crippen LogP contribution in [0.2, 0.25) is 0 Å². The molecule has 0 radical (unpaired) electrons. The minimum Gasteiger partial charge on any atom is -0.486 e. The van der Waals surface area contributed by atoms with Crippen molar-refractivity contribution in [1.29, 1.82) is 0 Å². The first-order valence-corrected chi connectivity index (χ1v) is 9.46. The van der Waals surface area contributed by atoms with Crippen LogP contribution >= 0.6 is 0 Å². The average molecular weight is 402 g/mol. The minimum atomic E-state index is -0.366. The zero-order valence-electron chi connectivity index (χ0n) is 16.5. The summed E-state index contributed by atoms with van der Waals surface area (Å²) in [5, 5.41) is 5.62. The zero-order valence-corrected chi connectivity index (χ0v) is 16.5. The van der Waals surface area contributed by atoms with Crippen LogP contribution in [0.1, 0.15) is 18.5 Å². The molecular formula is C21H25FN3O4+. The van der Waals surface area contributed by atoms with E-state index in [4.69, 9.17) is 9.47 Å². The van der Waals surface area contributed by atoms with Crippen molar-refractivity contribution in [3.63, 3.8) is 0 Å². The fourth-order valence-corrected chi connectivity index (χ4v) is 3.05. The van der Waals surface area contributed by atoms with Gasteiger partial charge in [0, 0.05) is 5.69 Å². The molecule has 1 aliphatic rings. The van der Waals surface area contributed by atoms with Gasteiger partial charge >= 0.3 is 0 Å². The SMILES string of the molecule is C[C@@H](NC(=O)C[NH+](C)CC(=O)Nc1ccc(F)cc1)c1ccc2c(c1)OCCO2. The molecule has 3 rings (SSSR count). The number of amides is 2. The number of nitrogens with one attached hydrogen (secondary N) is 3. The lowest BCUT2D eigenvalue weighted by atomic mass is 10.1. The van der Waals surface area contributed by atoms with Crippen molar-refractivity contribution in [3.8, 4) is 11.5 Å². The number of anilines is 1. The average Bonchev–Trinajstić information content (AvgIpc) is 2.69. The summed E-state index contributed by atoms with van der Waals surface area (Å²) >= 11 is 0. The van der Waals surface area contributed by atoms with Crippen LogP contribution in [0.25, 0.3) is 0 Å². The standard InChI is InChI=1S/C21H24FN3O4/c1-14(15-3-8-18-19(11-15)29-10-9-28-18)23-20(26)12-25(2)13-21(27)24-17-6-4-16(22)5-7-17/h3-8,11,14H,9-10,12-13H2,1-2H3,(H,23,26)(H,24,27)/p+1/t14-/m1/s1. The molecule has 3 N–H and O–H groups in total. The van der Waals surface area contributed by atoms with E-state index >= 15 is 0 Å². The van der Waals surface area contributed by atoms with E-state index in [0.717, 1.165) is 10.5 Å². The lowest BCUT2D eigenvalue weighted by molar-refractivity contribution is -0.862. The van der Waals surface area contributed by atoms with Gasteiger partial charge in [-0.05, 0) is 48.9 Å². The summed E-state index contributed by atoms with van der Waals surface area (Å²) in [6.07, 6.45) is 0. The molecule has 0 saturated carbocycles. The highest BCUT2D eigenvalue weighted by Gasteiger charge is 2.18. The summed E-state index contributed by atoms with van der Waals surface area (Å²) < 4.78 is 24.0. The van der Waals surface area contributed by atoms with Gasteiger partial charge in [0.15, 0.2) is 24.6 Å². The Morgan fingerprint density at radius 3 is 2.41 bits per heavy atom. The van der Waals surface area contributed by atoms with Crippen molar-refractivity contribution in [1.82, 2.24) is 5.32 Å². The Morgan fingerprint density at radius 2 is 1.69 bits per heavy atom. The predicted octanol–water partition coefficient (Wildman–Crippen LogP) is 0.928. The summed E-state index contributed by atoms with van der Waals surface area (Å²) in [5.41, 5.74) is 1.43. The maximum Gasteiger partial charge on any atom is 0.279 e. The molecule has 2 atom stereocenters. The number of likely N-dealkylation sites (N-methyl/N-ethyl adjacent to an activating group) is 1. The highest BCUT2D eigenvalue weighted by Crippen LogP contribution is 2.32. The third-order valence-corrected chi connectivity index (χ3v) is 4.50. The molecule has 1 unspecified atom stereocenters. The monoisotopic (exact) mass is 402 g/mol. The van der Waals surface area contributed by atoms with E-state index in [-0.39, 0.29) is 36.8 Å². The fourth-order valence-electron chi connectivity index (χ4n) is 3.05. The second kappa shape index (κ2) is 9.38. The largest absolute Gasteiger partial charge is 0.486 e. The van der Waals surface area contributed by atoms with Crippen LogP contribution < -0.4 is 25.0 Å². The molecule has 2 amide bonds. The Balaban J connectivity index is 1.46. The zero-order chi connectivity index (χ0) is 20.8. The Kier molecular flexibility index (Phi) is 6.66. The minimum absolute atomic E-state index is 0.114. The van der Waals surface area contributed by atoms with Crippen LogP contribution in [0.4, 0.5) is 10.1 Å². The van der Waals surface area contributed by atoms with Crippen molar-refractivity contribution in [2.24, 2.45) is 0 Å². The maximum atomic E-state index is 12.9. The van der Waals surface area contributed by atoms with E-state index < -0.39 is 0 Å². The molecule has 0 aromatic heterocycles. The van der Waals surface area contributed by atoms with Gasteiger partial charge in [0.1, 0.15) is 19.0 Å². The Hall–Kier alpha value is -3.13. The highest BCUT2D eigenvalue weighted by molar-refractivity contribution is 5.91. The second-order valence-corrected chi connectivity index (χ2v) is 7.06. The third-order valence-electron chi connectivity index (χ3n) is 4.50. The molecule has 0 fully saturated rings. The summed E-state index contributed by atoms with van der Waals surface area (Å²) in [6, 6.07) is 10.9. The first kappa shape index (κ1) is 20.6. The van der Waals surface area contributed by atoms with Gasteiger partial charge in [-0.1, -0.05) is 6.07 Å². The summed E-state index contributed by atoms with van der Waals surface area (Å²) in [7, 11) is 1.76. The van der Waals surface area contributed by atoms with Gasteiger partial charge in [-0.2, -0.15) is 0 Å². The van der Waals surface area contributed by atoms with Crippen molar-refractivity contribution >= 4 is 17.5 Å². The highest BCUT2D eigenvalue weighted by atomic mass is 19.1. The molecule has 29 heavy (non-hydrogen) atoms. The Bertz CT molecular complexity index is 873. The summed E-state index contributed by atoms with van der Waals surface area (Å²) in [4.78, 5) is 25.2. The van der Waals surface area contributed by atoms with Crippen molar-refractivity contribution in [3.05, 3.63) is 53.8 Å². The van der Waals surface area contributed by atoms with Crippen LogP contribution in [-0.4, -0.2) is 45.2 Å². The van der Waals surface area contributed by atoms with Crippen LogP contribution in [0.5, 0.6) is 11.5 Å². The van der Waals surface area contributed by atoms with Crippen LogP contribution in [0.3, 0.4) is 0 Å². The van der Waals surface area contributed by atoms with Crippen molar-refractivity contribution < 1.29 is 28.4 Å². The number of fused-ring (bicyclic) bond motifs is 1. The number of quaternary nitrogens is 1. The third kappa shape index (κ3) is 5.92. The molecule has 1 heterocycles. The molecule has 7 nitrogen and oxygen atoms in total. The number of carbonyl (C=O) groups is 2. The quantitative estimate of drug-likeness (QED) is 0.644. The van der Waals surface area contributed by atoms with E-state index in [2.05, 4.69) is 10.6 Å². The summed E-state index contributed by atoms with van der Waals surface area (Å²) in [6.45, 7) is 3.18. The van der Waals surface area contributed by atoms with E-state index in [1.54, 1.807) is 7.05 Å². The predicted molar refractivity (Wildman–Crippen MR) is 106 cm³/mol. The molecule has 2 aromatic carbocycles. The van der Waals surface area contributed by atoms with Gasteiger partial charge in [-0.25, -0.2) is 4.39 Å². The smallest absolute Gasteiger partial charge is 0.279 e. The normalized spacial score (nSPS) is 14.6. The van der Waals surface area contributed by atoms with E-state index in [0.29, 0.717) is 30.4 Å². The number of rotatable bonds is 7. The van der Waals surface area contributed by atoms with Crippen LogP contribution in [-0.2, 0) is 9.59 Å². The fraction of sp³-hybridized carbons (Fsp3) is 0.333. The van der Waals surface area contributed by atoms with E-state index in [9.17, 15) is 14.0 Å². The number of hydrogen-bond acceptors (Lipinski definition) is 4. The molecule has 0 aliphatic carbocycles. The lowest BCUT2D eigenvalue weighted by Crippen LogP contribution is -3.11. The van der Waals surface area contributed by atoms with Crippen LogP contribution in [0.15, 0.2) is 42.5 Å². The molecule has 154 valence electrons. The second-order valence-electron chi connectivity index (χ2n) is 7.06. The number of carbonyl (C=O) groups excluding carboxylic acids is 2. The van der Waals surface area contributed by atoms with Gasteiger partial charge < -0.3 is 25.0 Å². The Morgan fingerprint density at radius 1 is 1.03 bits per heavy atom. The van der Waals surface area contributed by atoms with Crippen LogP contribution in [0, 0.1) is 5.82 Å². The molecule has 0 bridgehead atoms. The van der Waals surface area contributed by atoms with Crippen molar-refractivity contribution in [2.45, 2.75) is 13.0 Å². The molecule has 1 aliphatic heterocycles. The first-order valence-electron chi connectivity index (χ1n) is 9.46. The van der Waals surface area contributed by atoms with E-state index in [1.165, 1.54) is 24.3 Å². The summed E-state index contributed by atoms with van der Waals surface area (Å²) in [5.74, 6) is 0.598. The molecule has 0 saturated heterocycles. The van der Waals surface area contributed by atoms with Gasteiger partial charge in [-0.15, -0.1) is 0 Å². The molecule has 8 heteroatoms. The maximum absolute atomic E-state index is 12.9. The number of hydrogen-bond donors (Lipinski definition) is 3. The lowest BCUT2D eigenvalue weighted by Gasteiger charge is -2.21. The number of benzene rings is 2. The van der Waals surface area contributed by atoms with Crippen molar-refractivity contribution in [2.75, 3.05) is 38.7 Å². The topological polar surface area (TPSA) is 81.1 Å². The molecule has 0 spiro atoms. The van der Waals surface area contributed by atoms with Gasteiger partial charge in [0.25, 0.3) is 11.8 Å². The molecular weight excluding hydrogens is 377 g/mol. The molecule has 2 aromatic rings. The van der Waals surface area contributed by atoms with E-state index in [1.807, 2.05) is 25.1 Å². The van der Waals surface area contributed by atoms with Gasteiger partial charge in [0.05, 0.1) is 13.1 Å². The van der Waals surface area contributed by atoms with Gasteiger partial charge in [0.2, 0.25) is 0 Å². The Labute approximate surface area is 168 Å². The number of ether oxygens (including phenoxy) is 2. The number of halogens is 1. The first-order chi connectivity index (χ1) is 13.9.